The number of aromatic nitrogens is 2. The number of Topliss-reactive ketones (excluding diaryl/α,β-unsaturated/α-hetero) is 1. The molecule has 0 spiro atoms. The van der Waals surface area contributed by atoms with E-state index in [0.717, 1.165) is 42.8 Å². The number of hydrogen-bond acceptors (Lipinski definition) is 5. The van der Waals surface area contributed by atoms with Crippen molar-refractivity contribution in [3.63, 3.8) is 0 Å². The van der Waals surface area contributed by atoms with E-state index in [9.17, 15) is 18.0 Å². The molecule has 4 rings (SSSR count). The molecule has 8 heteroatoms. The van der Waals surface area contributed by atoms with Crippen LogP contribution >= 0.6 is 0 Å². The lowest BCUT2D eigenvalue weighted by Crippen LogP contribution is -2.09. The molecule has 0 saturated heterocycles. The Bertz CT molecular complexity index is 1030. The van der Waals surface area contributed by atoms with Gasteiger partial charge in [-0.25, -0.2) is 18.2 Å². The lowest BCUT2D eigenvalue weighted by molar-refractivity contribution is 0.101. The van der Waals surface area contributed by atoms with Crippen molar-refractivity contribution in [3.8, 4) is 11.3 Å². The summed E-state index contributed by atoms with van der Waals surface area (Å²) in [4.78, 5) is 18.7. The van der Waals surface area contributed by atoms with Gasteiger partial charge in [0.2, 0.25) is 0 Å². The van der Waals surface area contributed by atoms with Gasteiger partial charge in [-0.3, -0.25) is 9.78 Å². The van der Waals surface area contributed by atoms with E-state index >= 15 is 0 Å². The first-order valence-electron chi connectivity index (χ1n) is 10.7. The monoisotopic (exact) mass is 459 g/mol. The first kappa shape index (κ1) is 26.0. The standard InChI is InChI=1S/C13H8F3NO.C6H8N2.C6H12O/c1-7(18)12-5-4-11(16)13(17-12)9-6-8(14)2-3-10(9)15;1-7-6-3-2-4-8-5-6;7-6-4-2-1-3-5-6/h2-6H,1H3;2-5,7H,1H3;6-7H,1-5H2. The maximum Gasteiger partial charge on any atom is 0.178 e. The summed E-state index contributed by atoms with van der Waals surface area (Å²) in [6.45, 7) is 1.26. The summed E-state index contributed by atoms with van der Waals surface area (Å²) in [6.07, 6.45) is 9.45. The van der Waals surface area contributed by atoms with Crippen LogP contribution in [0.3, 0.4) is 0 Å². The van der Waals surface area contributed by atoms with Crippen LogP contribution in [-0.2, 0) is 0 Å². The van der Waals surface area contributed by atoms with Gasteiger partial charge in [-0.05, 0) is 55.3 Å². The second-order valence-electron chi connectivity index (χ2n) is 7.49. The first-order valence-corrected chi connectivity index (χ1v) is 10.7. The van der Waals surface area contributed by atoms with Crippen molar-refractivity contribution in [2.75, 3.05) is 12.4 Å². The Kier molecular flexibility index (Phi) is 10.5. The molecule has 2 aromatic heterocycles. The summed E-state index contributed by atoms with van der Waals surface area (Å²) in [7, 11) is 1.87. The number of aliphatic hydroxyl groups is 1. The number of anilines is 1. The van der Waals surface area contributed by atoms with Crippen LogP contribution in [0.25, 0.3) is 11.3 Å². The minimum atomic E-state index is -0.815. The highest BCUT2D eigenvalue weighted by molar-refractivity contribution is 5.92. The highest BCUT2D eigenvalue weighted by atomic mass is 19.1. The molecule has 5 nitrogen and oxygen atoms in total. The molecule has 0 aliphatic heterocycles. The molecular weight excluding hydrogens is 431 g/mol. The lowest BCUT2D eigenvalue weighted by atomic mass is 9.98. The Morgan fingerprint density at radius 2 is 1.73 bits per heavy atom. The smallest absolute Gasteiger partial charge is 0.178 e. The van der Waals surface area contributed by atoms with Crippen molar-refractivity contribution in [1.29, 1.82) is 0 Å². The molecule has 1 fully saturated rings. The minimum absolute atomic E-state index is 0.00457. The van der Waals surface area contributed by atoms with Gasteiger partial charge in [-0.2, -0.15) is 0 Å². The van der Waals surface area contributed by atoms with E-state index in [1.54, 1.807) is 12.4 Å². The Balaban J connectivity index is 0.000000210. The Labute approximate surface area is 191 Å². The topological polar surface area (TPSA) is 75.1 Å². The fourth-order valence-electron chi connectivity index (χ4n) is 3.10. The van der Waals surface area contributed by atoms with Gasteiger partial charge < -0.3 is 10.4 Å². The van der Waals surface area contributed by atoms with Crippen LogP contribution in [0.1, 0.15) is 49.5 Å². The van der Waals surface area contributed by atoms with Crippen LogP contribution in [0.4, 0.5) is 18.9 Å². The van der Waals surface area contributed by atoms with Gasteiger partial charge in [0.05, 0.1) is 11.8 Å². The highest BCUT2D eigenvalue weighted by Gasteiger charge is 2.15. The van der Waals surface area contributed by atoms with Crippen molar-refractivity contribution in [2.24, 2.45) is 0 Å². The molecule has 1 aliphatic rings. The molecule has 0 atom stereocenters. The number of ketones is 1. The fraction of sp³-hybridized carbons (Fsp3) is 0.320. The number of carbonyl (C=O) groups excluding carboxylic acids is 1. The summed E-state index contributed by atoms with van der Waals surface area (Å²) in [5, 5.41) is 11.9. The third-order valence-corrected chi connectivity index (χ3v) is 4.92. The molecule has 0 unspecified atom stereocenters. The molecule has 0 bridgehead atoms. The average molecular weight is 460 g/mol. The van der Waals surface area contributed by atoms with Crippen molar-refractivity contribution >= 4 is 11.5 Å². The highest BCUT2D eigenvalue weighted by Crippen LogP contribution is 2.25. The molecule has 176 valence electrons. The molecule has 0 amide bonds. The van der Waals surface area contributed by atoms with E-state index in [1.165, 1.54) is 32.3 Å². The van der Waals surface area contributed by atoms with Crippen LogP contribution in [0.5, 0.6) is 0 Å². The molecular formula is C25H28F3N3O2. The number of benzene rings is 1. The van der Waals surface area contributed by atoms with Gasteiger partial charge in [0.25, 0.3) is 0 Å². The second kappa shape index (κ2) is 13.3. The normalized spacial score (nSPS) is 13.2. The Morgan fingerprint density at radius 1 is 1.03 bits per heavy atom. The molecule has 0 radical (unpaired) electrons. The van der Waals surface area contributed by atoms with Crippen LogP contribution in [0.2, 0.25) is 0 Å². The lowest BCUT2D eigenvalue weighted by Gasteiger charge is -2.14. The predicted molar refractivity (Wildman–Crippen MR) is 122 cm³/mol. The van der Waals surface area contributed by atoms with Gasteiger partial charge >= 0.3 is 0 Å². The quantitative estimate of drug-likeness (QED) is 0.484. The van der Waals surface area contributed by atoms with Crippen LogP contribution in [0, 0.1) is 17.5 Å². The summed E-state index contributed by atoms with van der Waals surface area (Å²) in [5.74, 6) is -2.71. The van der Waals surface area contributed by atoms with Crippen molar-refractivity contribution in [3.05, 3.63) is 78.0 Å². The van der Waals surface area contributed by atoms with Gasteiger partial charge in [0.15, 0.2) is 5.78 Å². The first-order chi connectivity index (χ1) is 15.8. The molecule has 1 aromatic carbocycles. The number of aliphatic hydroxyl groups excluding tert-OH is 1. The number of nitrogens with one attached hydrogen (secondary N) is 1. The minimum Gasteiger partial charge on any atom is -0.393 e. The van der Waals surface area contributed by atoms with Gasteiger partial charge in [-0.15, -0.1) is 0 Å². The average Bonchev–Trinajstić information content (AvgIpc) is 2.83. The van der Waals surface area contributed by atoms with E-state index in [-0.39, 0.29) is 28.8 Å². The number of halogens is 3. The number of hydrogen-bond donors (Lipinski definition) is 2. The third kappa shape index (κ3) is 8.65. The fourth-order valence-corrected chi connectivity index (χ4v) is 3.10. The second-order valence-corrected chi connectivity index (χ2v) is 7.49. The van der Waals surface area contributed by atoms with E-state index in [4.69, 9.17) is 5.11 Å². The largest absolute Gasteiger partial charge is 0.393 e. The van der Waals surface area contributed by atoms with Crippen molar-refractivity contribution < 1.29 is 23.1 Å². The number of carbonyl (C=O) groups is 1. The molecule has 1 aliphatic carbocycles. The SMILES string of the molecule is CC(=O)c1ccc(F)c(-c2cc(F)ccc2F)n1.CNc1cccnc1.OC1CCCCC1. The third-order valence-electron chi connectivity index (χ3n) is 4.92. The molecule has 1 saturated carbocycles. The maximum absolute atomic E-state index is 13.6. The zero-order valence-electron chi connectivity index (χ0n) is 18.7. The molecule has 33 heavy (non-hydrogen) atoms. The van der Waals surface area contributed by atoms with E-state index in [0.29, 0.717) is 0 Å². The van der Waals surface area contributed by atoms with Crippen molar-refractivity contribution in [1.82, 2.24) is 9.97 Å². The van der Waals surface area contributed by atoms with Gasteiger partial charge in [0.1, 0.15) is 28.8 Å². The molecule has 3 aromatic rings. The van der Waals surface area contributed by atoms with E-state index in [1.807, 2.05) is 19.2 Å². The Hall–Kier alpha value is -3.26. The number of rotatable bonds is 3. The summed E-state index contributed by atoms with van der Waals surface area (Å²) in [5.41, 5.74) is 0.359. The zero-order chi connectivity index (χ0) is 24.2. The van der Waals surface area contributed by atoms with Gasteiger partial charge in [-0.1, -0.05) is 19.3 Å². The summed E-state index contributed by atoms with van der Waals surface area (Å²) in [6, 6.07) is 8.70. The summed E-state index contributed by atoms with van der Waals surface area (Å²) >= 11 is 0. The Morgan fingerprint density at radius 3 is 2.24 bits per heavy atom. The maximum atomic E-state index is 13.6. The number of nitrogens with zero attached hydrogens (tertiary/aromatic N) is 2. The summed E-state index contributed by atoms with van der Waals surface area (Å²) < 4.78 is 40.1. The molecule has 2 heterocycles. The zero-order valence-corrected chi connectivity index (χ0v) is 18.7. The van der Waals surface area contributed by atoms with Crippen LogP contribution in [0.15, 0.2) is 54.9 Å². The van der Waals surface area contributed by atoms with Crippen molar-refractivity contribution in [2.45, 2.75) is 45.1 Å². The van der Waals surface area contributed by atoms with Crippen LogP contribution in [-0.4, -0.2) is 34.0 Å². The van der Waals surface area contributed by atoms with Crippen LogP contribution < -0.4 is 5.32 Å². The molecule has 2 N–H and O–H groups in total. The number of pyridine rings is 2. The van der Waals surface area contributed by atoms with E-state index < -0.39 is 17.5 Å². The van der Waals surface area contributed by atoms with E-state index in [2.05, 4.69) is 15.3 Å². The predicted octanol–water partition coefficient (Wildman–Crippen LogP) is 5.80. The van der Waals surface area contributed by atoms with Gasteiger partial charge in [0, 0.05) is 31.9 Å².